The molecule has 2 aliphatic carbocycles. The summed E-state index contributed by atoms with van der Waals surface area (Å²) in [5.74, 6) is 0.589. The highest BCUT2D eigenvalue weighted by molar-refractivity contribution is 6.10. The Bertz CT molecular complexity index is 3160. The molecule has 0 saturated heterocycles. The van der Waals surface area contributed by atoms with Gasteiger partial charge in [0, 0.05) is 50.8 Å². The second-order valence-corrected chi connectivity index (χ2v) is 19.3. The van der Waals surface area contributed by atoms with Gasteiger partial charge in [0.15, 0.2) is 0 Å². The Morgan fingerprint density at radius 2 is 1.32 bits per heavy atom. The summed E-state index contributed by atoms with van der Waals surface area (Å²) in [5.41, 5.74) is 18.7. The number of para-hydroxylation sites is 3. The smallest absolute Gasteiger partial charge is 0.0541 e. The van der Waals surface area contributed by atoms with Crippen LogP contribution >= 0.6 is 0 Å². The number of benzene rings is 7. The molecule has 1 N–H and O–H groups in total. The highest BCUT2D eigenvalue weighted by Gasteiger charge is 2.38. The standard InChI is InChI=1S/C62H57N3/c1-43-26-33-53-54-34-30-48(42-58(54)62(5,6)57(53)37-43)63-36-18-8-7-11-19-44-38-46(40-52(39-44)64(49-20-12-9-13-21-49)50-22-14-10-15-23-50)45-27-35-60-56(41-45)55-24-16-17-25-59(55)65(60)51-31-28-47(29-32-51)61(2,3)4/h7-36,38-43,63H,37H2,1-6H3/b8-7-,19-11-,36-18+. The molecular weight excluding hydrogens is 787 g/mol. The van der Waals surface area contributed by atoms with E-state index in [0.717, 1.165) is 40.3 Å². The zero-order valence-electron chi connectivity index (χ0n) is 38.4. The number of hydrogen-bond acceptors (Lipinski definition) is 2. The molecule has 3 nitrogen and oxygen atoms in total. The highest BCUT2D eigenvalue weighted by atomic mass is 15.1. The molecular formula is C62H57N3. The molecule has 1 unspecified atom stereocenters. The van der Waals surface area contributed by atoms with Gasteiger partial charge in [-0.05, 0) is 148 Å². The second kappa shape index (κ2) is 17.0. The molecule has 65 heavy (non-hydrogen) atoms. The summed E-state index contributed by atoms with van der Waals surface area (Å²) in [6.07, 6.45) is 18.4. The Kier molecular flexibility index (Phi) is 10.9. The Hall–Kier alpha value is -7.36. The van der Waals surface area contributed by atoms with Crippen LogP contribution < -0.4 is 10.2 Å². The lowest BCUT2D eigenvalue weighted by atomic mass is 9.76. The third-order valence-corrected chi connectivity index (χ3v) is 13.4. The number of fused-ring (bicyclic) bond motifs is 5. The van der Waals surface area contributed by atoms with Crippen molar-refractivity contribution in [2.75, 3.05) is 10.2 Å². The van der Waals surface area contributed by atoms with Crippen molar-refractivity contribution in [3.63, 3.8) is 0 Å². The summed E-state index contributed by atoms with van der Waals surface area (Å²) in [7, 11) is 0. The molecule has 0 fully saturated rings. The first-order valence-electron chi connectivity index (χ1n) is 23.1. The minimum absolute atomic E-state index is 0.0404. The minimum atomic E-state index is 0.0404. The molecule has 8 aromatic rings. The average Bonchev–Trinajstić information content (AvgIpc) is 3.76. The monoisotopic (exact) mass is 843 g/mol. The number of nitrogens with zero attached hydrogens (tertiary/aromatic N) is 2. The van der Waals surface area contributed by atoms with Crippen LogP contribution in [0.25, 0.3) is 50.3 Å². The summed E-state index contributed by atoms with van der Waals surface area (Å²) in [6.45, 7) is 13.9. The first-order valence-corrected chi connectivity index (χ1v) is 23.1. The number of allylic oxidation sites excluding steroid dienone is 8. The first-order chi connectivity index (χ1) is 31.5. The maximum Gasteiger partial charge on any atom is 0.0541 e. The van der Waals surface area contributed by atoms with Crippen LogP contribution in [-0.4, -0.2) is 4.57 Å². The van der Waals surface area contributed by atoms with Gasteiger partial charge < -0.3 is 14.8 Å². The molecule has 1 aromatic heterocycles. The predicted molar refractivity (Wildman–Crippen MR) is 280 cm³/mol. The van der Waals surface area contributed by atoms with E-state index in [1.165, 1.54) is 55.3 Å². The molecule has 7 aromatic carbocycles. The maximum atomic E-state index is 3.53. The fourth-order valence-electron chi connectivity index (χ4n) is 9.92. The van der Waals surface area contributed by atoms with Crippen LogP contribution in [0.2, 0.25) is 0 Å². The summed E-state index contributed by atoms with van der Waals surface area (Å²) in [5, 5.41) is 6.01. The first kappa shape index (κ1) is 41.6. The number of anilines is 4. The van der Waals surface area contributed by atoms with Gasteiger partial charge in [0.1, 0.15) is 0 Å². The fraction of sp³-hybridized carbons (Fsp3) is 0.161. The SMILES string of the molecule is CC1C=CC2=C(C1)C(C)(C)c1cc(N/C=C/C=C\C=C/c3cc(-c4ccc5c(c4)c4ccccc4n5-c4ccc(C(C)(C)C)cc4)cc(N(c4ccccc4)c4ccccc4)c3)ccc12. The molecule has 0 radical (unpaired) electrons. The maximum absolute atomic E-state index is 3.53. The molecule has 0 amide bonds. The predicted octanol–water partition coefficient (Wildman–Crippen LogP) is 17.1. The van der Waals surface area contributed by atoms with E-state index in [4.69, 9.17) is 0 Å². The molecule has 0 aliphatic heterocycles. The lowest BCUT2D eigenvalue weighted by molar-refractivity contribution is 0.566. The van der Waals surface area contributed by atoms with E-state index in [1.54, 1.807) is 5.57 Å². The van der Waals surface area contributed by atoms with Gasteiger partial charge in [0.05, 0.1) is 11.0 Å². The number of hydrogen-bond donors (Lipinski definition) is 1. The van der Waals surface area contributed by atoms with Gasteiger partial charge in [-0.2, -0.15) is 0 Å². The van der Waals surface area contributed by atoms with Crippen LogP contribution in [0.4, 0.5) is 22.7 Å². The van der Waals surface area contributed by atoms with E-state index in [9.17, 15) is 0 Å². The van der Waals surface area contributed by atoms with Crippen molar-refractivity contribution in [1.29, 1.82) is 0 Å². The van der Waals surface area contributed by atoms with Gasteiger partial charge in [-0.1, -0.05) is 162 Å². The van der Waals surface area contributed by atoms with Crippen molar-refractivity contribution in [1.82, 2.24) is 4.57 Å². The average molecular weight is 844 g/mol. The molecule has 1 heterocycles. The van der Waals surface area contributed by atoms with E-state index in [1.807, 2.05) is 6.20 Å². The van der Waals surface area contributed by atoms with Gasteiger partial charge in [-0.3, -0.25) is 0 Å². The Morgan fingerprint density at radius 3 is 2.06 bits per heavy atom. The van der Waals surface area contributed by atoms with Crippen LogP contribution in [-0.2, 0) is 10.8 Å². The molecule has 320 valence electrons. The van der Waals surface area contributed by atoms with Gasteiger partial charge in [-0.15, -0.1) is 0 Å². The van der Waals surface area contributed by atoms with Crippen molar-refractivity contribution in [3.8, 4) is 16.8 Å². The van der Waals surface area contributed by atoms with Crippen LogP contribution in [0.3, 0.4) is 0 Å². The zero-order chi connectivity index (χ0) is 44.7. The van der Waals surface area contributed by atoms with Crippen LogP contribution in [0, 0.1) is 5.92 Å². The molecule has 10 rings (SSSR count). The summed E-state index contributed by atoms with van der Waals surface area (Å²) in [4.78, 5) is 2.35. The van der Waals surface area contributed by atoms with Crippen molar-refractivity contribution in [3.05, 3.63) is 234 Å². The van der Waals surface area contributed by atoms with E-state index in [2.05, 4.69) is 263 Å². The van der Waals surface area contributed by atoms with Crippen molar-refractivity contribution >= 4 is 56.2 Å². The van der Waals surface area contributed by atoms with Gasteiger partial charge in [0.25, 0.3) is 0 Å². The van der Waals surface area contributed by atoms with E-state index in [0.29, 0.717) is 5.92 Å². The Labute approximate surface area is 385 Å². The normalized spacial score (nSPS) is 15.8. The van der Waals surface area contributed by atoms with Crippen molar-refractivity contribution in [2.45, 2.75) is 58.8 Å². The quantitative estimate of drug-likeness (QED) is 0.138. The molecule has 0 bridgehead atoms. The molecule has 2 aliphatic rings. The highest BCUT2D eigenvalue weighted by Crippen LogP contribution is 2.51. The molecule has 3 heteroatoms. The van der Waals surface area contributed by atoms with Crippen LogP contribution in [0.1, 0.15) is 70.2 Å². The second-order valence-electron chi connectivity index (χ2n) is 19.3. The Balaban J connectivity index is 0.976. The van der Waals surface area contributed by atoms with Gasteiger partial charge in [0.2, 0.25) is 0 Å². The van der Waals surface area contributed by atoms with Gasteiger partial charge in [-0.25, -0.2) is 0 Å². The van der Waals surface area contributed by atoms with Crippen LogP contribution in [0.5, 0.6) is 0 Å². The lowest BCUT2D eigenvalue weighted by Gasteiger charge is -2.27. The summed E-state index contributed by atoms with van der Waals surface area (Å²) < 4.78 is 2.41. The third-order valence-electron chi connectivity index (χ3n) is 13.4. The lowest BCUT2D eigenvalue weighted by Crippen LogP contribution is -2.19. The zero-order valence-corrected chi connectivity index (χ0v) is 38.4. The van der Waals surface area contributed by atoms with Crippen molar-refractivity contribution in [2.24, 2.45) is 5.92 Å². The number of rotatable bonds is 10. The minimum Gasteiger partial charge on any atom is -0.362 e. The summed E-state index contributed by atoms with van der Waals surface area (Å²) >= 11 is 0. The van der Waals surface area contributed by atoms with Crippen molar-refractivity contribution < 1.29 is 0 Å². The molecule has 0 saturated carbocycles. The summed E-state index contributed by atoms with van der Waals surface area (Å²) in [6, 6.07) is 59.9. The van der Waals surface area contributed by atoms with E-state index < -0.39 is 0 Å². The number of aromatic nitrogens is 1. The number of nitrogens with one attached hydrogen (secondary N) is 1. The Morgan fingerprint density at radius 1 is 0.631 bits per heavy atom. The topological polar surface area (TPSA) is 20.2 Å². The molecule has 1 atom stereocenters. The van der Waals surface area contributed by atoms with Gasteiger partial charge >= 0.3 is 0 Å². The van der Waals surface area contributed by atoms with Crippen LogP contribution in [0.15, 0.2) is 212 Å². The largest absolute Gasteiger partial charge is 0.362 e. The molecule has 0 spiro atoms. The third kappa shape index (κ3) is 8.08. The van der Waals surface area contributed by atoms with E-state index in [-0.39, 0.29) is 10.8 Å². The fourth-order valence-corrected chi connectivity index (χ4v) is 9.92. The van der Waals surface area contributed by atoms with E-state index >= 15 is 0 Å².